The highest BCUT2D eigenvalue weighted by Gasteiger charge is 2.07. The van der Waals surface area contributed by atoms with Gasteiger partial charge in [0.1, 0.15) is 12.1 Å². The zero-order chi connectivity index (χ0) is 11.8. The quantitative estimate of drug-likeness (QED) is 0.648. The molecule has 1 rings (SSSR count). The van der Waals surface area contributed by atoms with Crippen molar-refractivity contribution in [3.63, 3.8) is 0 Å². The molecular weight excluding hydrogens is 210 g/mol. The van der Waals surface area contributed by atoms with Crippen molar-refractivity contribution < 1.29 is 14.9 Å². The van der Waals surface area contributed by atoms with E-state index in [0.717, 1.165) is 5.69 Å². The molecule has 90 valence electrons. The molecule has 0 radical (unpaired) electrons. The van der Waals surface area contributed by atoms with Gasteiger partial charge in [-0.05, 0) is 0 Å². The van der Waals surface area contributed by atoms with E-state index in [-0.39, 0.29) is 13.2 Å². The van der Waals surface area contributed by atoms with Gasteiger partial charge in [0.25, 0.3) is 0 Å². The zero-order valence-corrected chi connectivity index (χ0v) is 9.33. The smallest absolute Gasteiger partial charge is 0.132 e. The maximum atomic E-state index is 8.91. The van der Waals surface area contributed by atoms with Crippen LogP contribution >= 0.6 is 0 Å². The average Bonchev–Trinajstić information content (AvgIpc) is 2.30. The predicted octanol–water partition coefficient (Wildman–Crippen LogP) is -0.586. The van der Waals surface area contributed by atoms with E-state index in [0.29, 0.717) is 25.5 Å². The lowest BCUT2D eigenvalue weighted by molar-refractivity contribution is 0.181. The molecule has 1 heterocycles. The first-order valence-electron chi connectivity index (χ1n) is 5.08. The molecule has 16 heavy (non-hydrogen) atoms. The van der Waals surface area contributed by atoms with Crippen LogP contribution in [0, 0.1) is 0 Å². The van der Waals surface area contributed by atoms with Gasteiger partial charge in [0.2, 0.25) is 0 Å². The van der Waals surface area contributed by atoms with Gasteiger partial charge < -0.3 is 19.8 Å². The number of nitrogens with zero attached hydrogens (tertiary/aromatic N) is 3. The second-order valence-corrected chi connectivity index (χ2v) is 3.23. The molecule has 0 saturated carbocycles. The van der Waals surface area contributed by atoms with Gasteiger partial charge in [-0.2, -0.15) is 0 Å². The van der Waals surface area contributed by atoms with E-state index in [9.17, 15) is 0 Å². The molecule has 2 N–H and O–H groups in total. The van der Waals surface area contributed by atoms with Crippen molar-refractivity contribution in [1.82, 2.24) is 9.97 Å². The van der Waals surface area contributed by atoms with Gasteiger partial charge in [-0.3, -0.25) is 0 Å². The molecule has 0 fully saturated rings. The minimum atomic E-state index is 0.0175. The van der Waals surface area contributed by atoms with Gasteiger partial charge in [-0.15, -0.1) is 0 Å². The Hall–Kier alpha value is -1.24. The lowest BCUT2D eigenvalue weighted by Gasteiger charge is -2.21. The van der Waals surface area contributed by atoms with Gasteiger partial charge in [-0.1, -0.05) is 0 Å². The number of hydrogen-bond acceptors (Lipinski definition) is 6. The molecular formula is C10H17N3O3. The fourth-order valence-corrected chi connectivity index (χ4v) is 1.37. The van der Waals surface area contributed by atoms with Crippen LogP contribution in [0.1, 0.15) is 5.69 Å². The highest BCUT2D eigenvalue weighted by molar-refractivity contribution is 5.38. The summed E-state index contributed by atoms with van der Waals surface area (Å²) in [5, 5.41) is 17.8. The molecule has 1 aromatic rings. The molecule has 0 atom stereocenters. The van der Waals surface area contributed by atoms with Crippen LogP contribution in [0.4, 0.5) is 5.82 Å². The summed E-state index contributed by atoms with van der Waals surface area (Å²) in [6, 6.07) is 1.79. The Kier molecular flexibility index (Phi) is 5.69. The molecule has 0 aliphatic carbocycles. The summed E-state index contributed by atoms with van der Waals surface area (Å²) < 4.78 is 4.97. The third kappa shape index (κ3) is 3.73. The number of methoxy groups -OCH3 is 1. The Bertz CT molecular complexity index is 303. The SMILES string of the molecule is COCc1cc(N(CCO)CCO)ncn1. The highest BCUT2D eigenvalue weighted by atomic mass is 16.5. The molecule has 0 saturated heterocycles. The van der Waals surface area contributed by atoms with Gasteiger partial charge in [0.15, 0.2) is 0 Å². The van der Waals surface area contributed by atoms with Crippen molar-refractivity contribution in [2.75, 3.05) is 38.3 Å². The lowest BCUT2D eigenvalue weighted by Crippen LogP contribution is -2.30. The summed E-state index contributed by atoms with van der Waals surface area (Å²) in [6.07, 6.45) is 1.45. The largest absolute Gasteiger partial charge is 0.395 e. The summed E-state index contributed by atoms with van der Waals surface area (Å²) in [7, 11) is 1.60. The van der Waals surface area contributed by atoms with E-state index in [1.807, 2.05) is 0 Å². The van der Waals surface area contributed by atoms with E-state index in [2.05, 4.69) is 9.97 Å². The summed E-state index contributed by atoms with van der Waals surface area (Å²) in [4.78, 5) is 9.93. The summed E-state index contributed by atoms with van der Waals surface area (Å²) in [6.45, 7) is 1.32. The van der Waals surface area contributed by atoms with Crippen molar-refractivity contribution in [3.8, 4) is 0 Å². The number of ether oxygens (including phenoxy) is 1. The van der Waals surface area contributed by atoms with Gasteiger partial charge >= 0.3 is 0 Å². The number of anilines is 1. The van der Waals surface area contributed by atoms with E-state index in [1.54, 1.807) is 18.1 Å². The third-order valence-electron chi connectivity index (χ3n) is 2.07. The normalized spacial score (nSPS) is 10.4. The highest BCUT2D eigenvalue weighted by Crippen LogP contribution is 2.10. The summed E-state index contributed by atoms with van der Waals surface area (Å²) in [5.74, 6) is 0.685. The van der Waals surface area contributed by atoms with Gasteiger partial charge in [-0.25, -0.2) is 9.97 Å². The first-order valence-corrected chi connectivity index (χ1v) is 5.08. The van der Waals surface area contributed by atoms with Crippen LogP contribution in [0.25, 0.3) is 0 Å². The van der Waals surface area contributed by atoms with Crippen LogP contribution in [-0.2, 0) is 11.3 Å². The van der Waals surface area contributed by atoms with Crippen LogP contribution in [0.2, 0.25) is 0 Å². The minimum absolute atomic E-state index is 0.0175. The molecule has 0 aliphatic heterocycles. The fraction of sp³-hybridized carbons (Fsp3) is 0.600. The van der Waals surface area contributed by atoms with E-state index in [4.69, 9.17) is 14.9 Å². The first kappa shape index (κ1) is 12.8. The molecule has 6 nitrogen and oxygen atoms in total. The van der Waals surface area contributed by atoms with Gasteiger partial charge in [0, 0.05) is 26.3 Å². The Morgan fingerprint density at radius 3 is 2.50 bits per heavy atom. The predicted molar refractivity (Wildman–Crippen MR) is 59.1 cm³/mol. The van der Waals surface area contributed by atoms with Crippen molar-refractivity contribution in [2.45, 2.75) is 6.61 Å². The second-order valence-electron chi connectivity index (χ2n) is 3.23. The molecule has 0 amide bonds. The minimum Gasteiger partial charge on any atom is -0.395 e. The molecule has 0 aliphatic rings. The maximum Gasteiger partial charge on any atom is 0.132 e. The Balaban J connectivity index is 2.77. The topological polar surface area (TPSA) is 78.7 Å². The van der Waals surface area contributed by atoms with Crippen LogP contribution < -0.4 is 4.90 Å². The standard InChI is InChI=1S/C10H17N3O3/c1-16-7-9-6-10(12-8-11-9)13(2-4-14)3-5-15/h6,8,14-15H,2-5,7H2,1H3. The molecule has 1 aromatic heterocycles. The van der Waals surface area contributed by atoms with Crippen molar-refractivity contribution >= 4 is 5.82 Å². The second kappa shape index (κ2) is 7.10. The summed E-state index contributed by atoms with van der Waals surface area (Å²) in [5.41, 5.74) is 0.772. The maximum absolute atomic E-state index is 8.91. The van der Waals surface area contributed by atoms with E-state index in [1.165, 1.54) is 6.33 Å². The molecule has 0 spiro atoms. The zero-order valence-electron chi connectivity index (χ0n) is 9.33. The van der Waals surface area contributed by atoms with E-state index >= 15 is 0 Å². The van der Waals surface area contributed by atoms with Crippen molar-refractivity contribution in [3.05, 3.63) is 18.1 Å². The fourth-order valence-electron chi connectivity index (χ4n) is 1.37. The summed E-state index contributed by atoms with van der Waals surface area (Å²) >= 11 is 0. The average molecular weight is 227 g/mol. The van der Waals surface area contributed by atoms with Gasteiger partial charge in [0.05, 0.1) is 25.5 Å². The van der Waals surface area contributed by atoms with Crippen LogP contribution in [0.5, 0.6) is 0 Å². The van der Waals surface area contributed by atoms with Crippen LogP contribution in [-0.4, -0.2) is 53.6 Å². The molecule has 0 bridgehead atoms. The number of aliphatic hydroxyl groups is 2. The van der Waals surface area contributed by atoms with Crippen molar-refractivity contribution in [2.24, 2.45) is 0 Å². The molecule has 0 unspecified atom stereocenters. The Labute approximate surface area is 94.5 Å². The number of rotatable bonds is 7. The third-order valence-corrected chi connectivity index (χ3v) is 2.07. The number of aromatic nitrogens is 2. The Morgan fingerprint density at radius 1 is 1.25 bits per heavy atom. The Morgan fingerprint density at radius 2 is 1.94 bits per heavy atom. The lowest BCUT2D eigenvalue weighted by atomic mass is 10.3. The molecule has 0 aromatic carbocycles. The number of hydrogen-bond donors (Lipinski definition) is 2. The van der Waals surface area contributed by atoms with Crippen LogP contribution in [0.15, 0.2) is 12.4 Å². The number of aliphatic hydroxyl groups excluding tert-OH is 2. The molecule has 6 heteroatoms. The monoisotopic (exact) mass is 227 g/mol. The van der Waals surface area contributed by atoms with Crippen molar-refractivity contribution in [1.29, 1.82) is 0 Å². The van der Waals surface area contributed by atoms with Crippen LogP contribution in [0.3, 0.4) is 0 Å². The van der Waals surface area contributed by atoms with E-state index < -0.39 is 0 Å². The first-order chi connectivity index (χ1) is 7.81.